The van der Waals surface area contributed by atoms with Crippen LogP contribution in [0.25, 0.3) is 10.1 Å². The van der Waals surface area contributed by atoms with Gasteiger partial charge >= 0.3 is 0 Å². The smallest absolute Gasteiger partial charge is 0.0806 e. The van der Waals surface area contributed by atoms with E-state index in [1.54, 1.807) is 11.3 Å². The van der Waals surface area contributed by atoms with Crippen LogP contribution in [0.2, 0.25) is 0 Å². The summed E-state index contributed by atoms with van der Waals surface area (Å²) < 4.78 is 1.26. The summed E-state index contributed by atoms with van der Waals surface area (Å²) in [6, 6.07) is 8.29. The lowest BCUT2D eigenvalue weighted by molar-refractivity contribution is 0.148. The maximum atomic E-state index is 10.2. The van der Waals surface area contributed by atoms with Crippen LogP contribution < -0.4 is 0 Å². The normalized spacial score (nSPS) is 15.2. The number of benzene rings is 1. The van der Waals surface area contributed by atoms with Crippen LogP contribution in [0.5, 0.6) is 0 Å². The van der Waals surface area contributed by atoms with Gasteiger partial charge in [0.25, 0.3) is 0 Å². The van der Waals surface area contributed by atoms with Gasteiger partial charge in [0.2, 0.25) is 0 Å². The van der Waals surface area contributed by atoms with Gasteiger partial charge in [-0.2, -0.15) is 0 Å². The molecule has 1 aromatic carbocycles. The lowest BCUT2D eigenvalue weighted by Gasteiger charge is -2.14. The Labute approximate surface area is 101 Å². The van der Waals surface area contributed by atoms with E-state index in [-0.39, 0.29) is 6.10 Å². The van der Waals surface area contributed by atoms with Gasteiger partial charge in [-0.1, -0.05) is 38.5 Å². The van der Waals surface area contributed by atoms with E-state index in [1.807, 2.05) is 12.1 Å². The van der Waals surface area contributed by atoms with E-state index in [9.17, 15) is 5.11 Å². The molecule has 0 spiro atoms. The molecular formula is C14H18OS. The molecule has 2 aromatic rings. The summed E-state index contributed by atoms with van der Waals surface area (Å²) in [7, 11) is 0. The molecular weight excluding hydrogens is 216 g/mol. The second-order valence-electron chi connectivity index (χ2n) is 4.45. The first-order valence-corrected chi connectivity index (χ1v) is 6.74. The summed E-state index contributed by atoms with van der Waals surface area (Å²) in [6.45, 7) is 4.36. The molecule has 0 amide bonds. The molecule has 0 saturated heterocycles. The molecule has 2 atom stereocenters. The van der Waals surface area contributed by atoms with Crippen molar-refractivity contribution in [1.29, 1.82) is 0 Å². The van der Waals surface area contributed by atoms with Crippen molar-refractivity contribution >= 4 is 21.4 Å². The molecule has 86 valence electrons. The predicted molar refractivity (Wildman–Crippen MR) is 70.9 cm³/mol. The SMILES string of the molecule is CCC(C)CC(O)c1csc2ccccc12. The standard InChI is InChI=1S/C14H18OS/c1-3-10(2)8-13(15)12-9-16-14-7-5-4-6-11(12)14/h4-7,9-10,13,15H,3,8H2,1-2H3. The lowest BCUT2D eigenvalue weighted by Crippen LogP contribution is -2.02. The molecule has 0 saturated carbocycles. The van der Waals surface area contributed by atoms with Crippen LogP contribution >= 0.6 is 11.3 Å². The fourth-order valence-corrected chi connectivity index (χ4v) is 2.94. The number of hydrogen-bond acceptors (Lipinski definition) is 2. The molecule has 1 aromatic heterocycles. The van der Waals surface area contributed by atoms with E-state index in [4.69, 9.17) is 0 Å². The van der Waals surface area contributed by atoms with E-state index in [0.717, 1.165) is 18.4 Å². The first-order chi connectivity index (χ1) is 7.72. The third kappa shape index (κ3) is 2.28. The topological polar surface area (TPSA) is 20.2 Å². The van der Waals surface area contributed by atoms with Crippen molar-refractivity contribution in [3.05, 3.63) is 35.2 Å². The first kappa shape index (κ1) is 11.6. The Balaban J connectivity index is 2.26. The zero-order valence-corrected chi connectivity index (χ0v) is 10.6. The Kier molecular flexibility index (Phi) is 3.62. The van der Waals surface area contributed by atoms with Gasteiger partial charge in [0.05, 0.1) is 6.10 Å². The van der Waals surface area contributed by atoms with Crippen molar-refractivity contribution in [3.63, 3.8) is 0 Å². The number of fused-ring (bicyclic) bond motifs is 1. The second-order valence-corrected chi connectivity index (χ2v) is 5.36. The number of thiophene rings is 1. The average molecular weight is 234 g/mol. The van der Waals surface area contributed by atoms with Crippen molar-refractivity contribution in [2.75, 3.05) is 0 Å². The van der Waals surface area contributed by atoms with E-state index in [0.29, 0.717) is 5.92 Å². The molecule has 0 aliphatic heterocycles. The van der Waals surface area contributed by atoms with E-state index < -0.39 is 0 Å². The van der Waals surface area contributed by atoms with Crippen LogP contribution in [-0.2, 0) is 0 Å². The minimum absolute atomic E-state index is 0.314. The highest BCUT2D eigenvalue weighted by atomic mass is 32.1. The van der Waals surface area contributed by atoms with Crippen LogP contribution in [0, 0.1) is 5.92 Å². The molecule has 1 nitrogen and oxygen atoms in total. The number of rotatable bonds is 4. The van der Waals surface area contributed by atoms with Gasteiger partial charge in [-0.15, -0.1) is 11.3 Å². The number of hydrogen-bond donors (Lipinski definition) is 1. The third-order valence-electron chi connectivity index (χ3n) is 3.19. The monoisotopic (exact) mass is 234 g/mol. The van der Waals surface area contributed by atoms with Gasteiger partial charge in [-0.25, -0.2) is 0 Å². The fourth-order valence-electron chi connectivity index (χ4n) is 1.93. The Hall–Kier alpha value is -0.860. The molecule has 0 radical (unpaired) electrons. The molecule has 1 N–H and O–H groups in total. The molecule has 2 rings (SSSR count). The molecule has 0 aliphatic rings. The highest BCUT2D eigenvalue weighted by molar-refractivity contribution is 7.17. The maximum absolute atomic E-state index is 10.2. The fraction of sp³-hybridized carbons (Fsp3) is 0.429. The van der Waals surface area contributed by atoms with E-state index in [1.165, 1.54) is 10.1 Å². The van der Waals surface area contributed by atoms with Crippen molar-refractivity contribution in [3.8, 4) is 0 Å². The van der Waals surface area contributed by atoms with Crippen molar-refractivity contribution in [1.82, 2.24) is 0 Å². The van der Waals surface area contributed by atoms with Gasteiger partial charge in [0, 0.05) is 4.70 Å². The Bertz CT molecular complexity index is 460. The summed E-state index contributed by atoms with van der Waals surface area (Å²) in [4.78, 5) is 0. The highest BCUT2D eigenvalue weighted by Crippen LogP contribution is 2.33. The highest BCUT2D eigenvalue weighted by Gasteiger charge is 2.15. The number of aliphatic hydroxyl groups is 1. The molecule has 0 aliphatic carbocycles. The molecule has 0 fully saturated rings. The Morgan fingerprint density at radius 2 is 2.06 bits per heavy atom. The summed E-state index contributed by atoms with van der Waals surface area (Å²) in [6.07, 6.45) is 1.67. The maximum Gasteiger partial charge on any atom is 0.0806 e. The van der Waals surface area contributed by atoms with Gasteiger partial charge in [0.15, 0.2) is 0 Å². The van der Waals surface area contributed by atoms with Crippen molar-refractivity contribution < 1.29 is 5.11 Å². The molecule has 2 unspecified atom stereocenters. The first-order valence-electron chi connectivity index (χ1n) is 5.86. The van der Waals surface area contributed by atoms with E-state index in [2.05, 4.69) is 31.4 Å². The predicted octanol–water partition coefficient (Wildman–Crippen LogP) is 4.37. The van der Waals surface area contributed by atoms with Gasteiger partial charge in [-0.3, -0.25) is 0 Å². The largest absolute Gasteiger partial charge is 0.388 e. The zero-order valence-electron chi connectivity index (χ0n) is 9.81. The molecule has 2 heteroatoms. The minimum Gasteiger partial charge on any atom is -0.388 e. The van der Waals surface area contributed by atoms with E-state index >= 15 is 0 Å². The van der Waals surface area contributed by atoms with Gasteiger partial charge in [-0.05, 0) is 34.7 Å². The van der Waals surface area contributed by atoms with Crippen molar-refractivity contribution in [2.45, 2.75) is 32.8 Å². The van der Waals surface area contributed by atoms with Gasteiger partial charge in [0.1, 0.15) is 0 Å². The Morgan fingerprint density at radius 1 is 1.31 bits per heavy atom. The molecule has 16 heavy (non-hydrogen) atoms. The summed E-state index contributed by atoms with van der Waals surface area (Å²) >= 11 is 1.72. The van der Waals surface area contributed by atoms with Crippen LogP contribution in [0.15, 0.2) is 29.6 Å². The van der Waals surface area contributed by atoms with Crippen LogP contribution in [0.1, 0.15) is 38.4 Å². The molecule has 1 heterocycles. The second kappa shape index (κ2) is 4.98. The lowest BCUT2D eigenvalue weighted by atomic mass is 9.96. The number of aliphatic hydroxyl groups excluding tert-OH is 1. The zero-order chi connectivity index (χ0) is 11.5. The average Bonchev–Trinajstić information content (AvgIpc) is 2.72. The summed E-state index contributed by atoms with van der Waals surface area (Å²) in [5.74, 6) is 0.577. The summed E-state index contributed by atoms with van der Waals surface area (Å²) in [5.41, 5.74) is 1.10. The van der Waals surface area contributed by atoms with Crippen LogP contribution in [0.4, 0.5) is 0 Å². The Morgan fingerprint density at radius 3 is 2.81 bits per heavy atom. The van der Waals surface area contributed by atoms with Crippen molar-refractivity contribution in [2.24, 2.45) is 5.92 Å². The summed E-state index contributed by atoms with van der Waals surface area (Å²) in [5, 5.41) is 13.5. The minimum atomic E-state index is -0.314. The molecule has 0 bridgehead atoms. The van der Waals surface area contributed by atoms with Crippen LogP contribution in [0.3, 0.4) is 0 Å². The third-order valence-corrected chi connectivity index (χ3v) is 4.17. The van der Waals surface area contributed by atoms with Gasteiger partial charge < -0.3 is 5.11 Å². The van der Waals surface area contributed by atoms with Crippen LogP contribution in [-0.4, -0.2) is 5.11 Å². The quantitative estimate of drug-likeness (QED) is 0.832.